The summed E-state index contributed by atoms with van der Waals surface area (Å²) >= 11 is 0. The van der Waals surface area contributed by atoms with E-state index in [0.29, 0.717) is 12.0 Å². The average molecular weight is 322 g/mol. The zero-order valence-corrected chi connectivity index (χ0v) is 14.7. The van der Waals surface area contributed by atoms with E-state index >= 15 is 0 Å². The van der Waals surface area contributed by atoms with Crippen LogP contribution in [0.1, 0.15) is 39.7 Å². The van der Waals surface area contributed by atoms with Crippen molar-refractivity contribution >= 4 is 5.91 Å². The smallest absolute Gasteiger partial charge is 0.258 e. The summed E-state index contributed by atoms with van der Waals surface area (Å²) in [6.07, 6.45) is 0.575. The monoisotopic (exact) mass is 322 g/mol. The molecule has 1 aromatic rings. The molecule has 0 fully saturated rings. The van der Waals surface area contributed by atoms with Crippen LogP contribution >= 0.6 is 0 Å². The Morgan fingerprint density at radius 3 is 2.17 bits per heavy atom. The number of aliphatic hydroxyl groups is 2. The fourth-order valence-electron chi connectivity index (χ4n) is 2.40. The van der Waals surface area contributed by atoms with Crippen LogP contribution in [0.3, 0.4) is 0 Å². The van der Waals surface area contributed by atoms with Gasteiger partial charge in [0.05, 0.1) is 12.1 Å². The molecule has 0 bridgehead atoms. The van der Waals surface area contributed by atoms with Gasteiger partial charge in [0, 0.05) is 6.54 Å². The molecule has 2 atom stereocenters. The third-order valence-electron chi connectivity index (χ3n) is 4.52. The van der Waals surface area contributed by atoms with Gasteiger partial charge in [-0.15, -0.1) is 0 Å². The van der Waals surface area contributed by atoms with Crippen LogP contribution in [0.15, 0.2) is 30.3 Å². The number of benzene rings is 1. The zero-order chi connectivity index (χ0) is 17.5. The van der Waals surface area contributed by atoms with E-state index in [4.69, 9.17) is 0 Å². The molecule has 1 rings (SSSR count). The molecule has 0 spiro atoms. The van der Waals surface area contributed by atoms with Crippen molar-refractivity contribution in [3.8, 4) is 0 Å². The molecule has 0 saturated carbocycles. The molecule has 1 amide bonds. The topological polar surface area (TPSA) is 72.8 Å². The van der Waals surface area contributed by atoms with E-state index in [2.05, 4.69) is 5.32 Å². The second-order valence-corrected chi connectivity index (χ2v) is 6.21. The van der Waals surface area contributed by atoms with Gasteiger partial charge in [-0.25, -0.2) is 0 Å². The Morgan fingerprint density at radius 2 is 1.74 bits per heavy atom. The summed E-state index contributed by atoms with van der Waals surface area (Å²) in [5.41, 5.74) is -1.84. The van der Waals surface area contributed by atoms with Gasteiger partial charge in [0.15, 0.2) is 5.60 Å². The number of carbonyl (C=O) groups excluding carboxylic acids is 1. The average Bonchev–Trinajstić information content (AvgIpc) is 2.59. The first-order chi connectivity index (χ1) is 10.8. The summed E-state index contributed by atoms with van der Waals surface area (Å²) in [6, 6.07) is 8.97. The van der Waals surface area contributed by atoms with E-state index < -0.39 is 17.0 Å². The molecular formula is C18H30N2O3. The molecule has 0 aliphatic rings. The molecule has 5 nitrogen and oxygen atoms in total. The van der Waals surface area contributed by atoms with Crippen LogP contribution in [0.2, 0.25) is 0 Å². The first kappa shape index (κ1) is 19.6. The van der Waals surface area contributed by atoms with Crippen molar-refractivity contribution in [2.75, 3.05) is 26.2 Å². The minimum Gasteiger partial charge on any atom is -0.394 e. The predicted octanol–water partition coefficient (Wildman–Crippen LogP) is 1.49. The standard InChI is InChI=1S/C18H30N2O3/c1-5-17(4,14-21)19-16(22)18(23,13-20(6-2)7-3)15-11-9-8-10-12-15/h8-12,21,23H,5-7,13-14H2,1-4H3,(H,19,22)/t17-,18+/m0/s1. The van der Waals surface area contributed by atoms with Crippen LogP contribution in [-0.2, 0) is 10.4 Å². The molecule has 0 unspecified atom stereocenters. The van der Waals surface area contributed by atoms with E-state index in [1.807, 2.05) is 31.7 Å². The first-order valence-electron chi connectivity index (χ1n) is 8.29. The second-order valence-electron chi connectivity index (χ2n) is 6.21. The van der Waals surface area contributed by atoms with Crippen LogP contribution in [0.4, 0.5) is 0 Å². The largest absolute Gasteiger partial charge is 0.394 e. The van der Waals surface area contributed by atoms with Crippen molar-refractivity contribution in [1.29, 1.82) is 0 Å². The number of nitrogens with zero attached hydrogens (tertiary/aromatic N) is 1. The van der Waals surface area contributed by atoms with Gasteiger partial charge in [0.2, 0.25) is 0 Å². The van der Waals surface area contributed by atoms with Gasteiger partial charge in [0.1, 0.15) is 0 Å². The van der Waals surface area contributed by atoms with Crippen LogP contribution < -0.4 is 5.32 Å². The molecule has 0 aliphatic heterocycles. The van der Waals surface area contributed by atoms with Crippen molar-refractivity contribution in [2.24, 2.45) is 0 Å². The van der Waals surface area contributed by atoms with Gasteiger partial charge in [-0.2, -0.15) is 0 Å². The van der Waals surface area contributed by atoms with Crippen LogP contribution in [0.5, 0.6) is 0 Å². The third kappa shape index (κ3) is 4.77. The highest BCUT2D eigenvalue weighted by Gasteiger charge is 2.41. The molecule has 0 aliphatic carbocycles. The number of amides is 1. The number of likely N-dealkylation sites (N-methyl/N-ethyl adjacent to an activating group) is 1. The van der Waals surface area contributed by atoms with Crippen molar-refractivity contribution in [3.63, 3.8) is 0 Å². The predicted molar refractivity (Wildman–Crippen MR) is 92.1 cm³/mol. The Morgan fingerprint density at radius 1 is 1.17 bits per heavy atom. The quantitative estimate of drug-likeness (QED) is 0.644. The summed E-state index contributed by atoms with van der Waals surface area (Å²) in [5, 5.41) is 23.6. The summed E-state index contributed by atoms with van der Waals surface area (Å²) in [7, 11) is 0. The van der Waals surface area contributed by atoms with Crippen molar-refractivity contribution in [3.05, 3.63) is 35.9 Å². The van der Waals surface area contributed by atoms with Crippen molar-refractivity contribution in [2.45, 2.75) is 45.3 Å². The number of nitrogens with one attached hydrogen (secondary N) is 1. The minimum absolute atomic E-state index is 0.175. The highest BCUT2D eigenvalue weighted by Crippen LogP contribution is 2.24. The minimum atomic E-state index is -1.65. The van der Waals surface area contributed by atoms with E-state index in [1.54, 1.807) is 31.2 Å². The van der Waals surface area contributed by atoms with E-state index in [1.165, 1.54) is 0 Å². The Bertz CT molecular complexity index is 484. The normalized spacial score (nSPS) is 16.7. The summed E-state index contributed by atoms with van der Waals surface area (Å²) in [6.45, 7) is 9.17. The van der Waals surface area contributed by atoms with Crippen molar-refractivity contribution < 1.29 is 15.0 Å². The van der Waals surface area contributed by atoms with E-state index in [0.717, 1.165) is 13.1 Å². The van der Waals surface area contributed by atoms with E-state index in [-0.39, 0.29) is 13.2 Å². The molecule has 5 heteroatoms. The SMILES string of the molecule is CCN(CC)C[C@](O)(C(=O)N[C@@](C)(CC)CO)c1ccccc1. The number of aliphatic hydroxyl groups excluding tert-OH is 1. The maximum atomic E-state index is 12.9. The molecule has 0 aromatic heterocycles. The molecule has 1 aromatic carbocycles. The lowest BCUT2D eigenvalue weighted by Gasteiger charge is -2.36. The third-order valence-corrected chi connectivity index (χ3v) is 4.52. The Balaban J connectivity index is 3.16. The number of hydrogen-bond acceptors (Lipinski definition) is 4. The molecule has 0 radical (unpaired) electrons. The van der Waals surface area contributed by atoms with Gasteiger partial charge in [-0.05, 0) is 32.0 Å². The maximum absolute atomic E-state index is 12.9. The molecular weight excluding hydrogens is 292 g/mol. The van der Waals surface area contributed by atoms with Gasteiger partial charge in [-0.3, -0.25) is 4.79 Å². The van der Waals surface area contributed by atoms with Gasteiger partial charge >= 0.3 is 0 Å². The summed E-state index contributed by atoms with van der Waals surface area (Å²) in [4.78, 5) is 14.9. The molecule has 0 heterocycles. The molecule has 23 heavy (non-hydrogen) atoms. The Kier molecular flexibility index (Phi) is 7.19. The second kappa shape index (κ2) is 8.43. The van der Waals surface area contributed by atoms with Gasteiger partial charge in [-0.1, -0.05) is 51.1 Å². The summed E-state index contributed by atoms with van der Waals surface area (Å²) < 4.78 is 0. The van der Waals surface area contributed by atoms with Gasteiger partial charge in [0.25, 0.3) is 5.91 Å². The van der Waals surface area contributed by atoms with Crippen LogP contribution in [-0.4, -0.2) is 52.8 Å². The fourth-order valence-corrected chi connectivity index (χ4v) is 2.40. The molecule has 130 valence electrons. The lowest BCUT2D eigenvalue weighted by atomic mass is 9.89. The molecule has 3 N–H and O–H groups in total. The van der Waals surface area contributed by atoms with E-state index in [9.17, 15) is 15.0 Å². The lowest BCUT2D eigenvalue weighted by Crippen LogP contribution is -2.58. The molecule has 0 saturated heterocycles. The number of hydrogen-bond donors (Lipinski definition) is 3. The number of rotatable bonds is 9. The fraction of sp³-hybridized carbons (Fsp3) is 0.611. The summed E-state index contributed by atoms with van der Waals surface area (Å²) in [5.74, 6) is -0.478. The van der Waals surface area contributed by atoms with Gasteiger partial charge < -0.3 is 20.4 Å². The van der Waals surface area contributed by atoms with Crippen molar-refractivity contribution in [1.82, 2.24) is 10.2 Å². The highest BCUT2D eigenvalue weighted by molar-refractivity contribution is 5.87. The highest BCUT2D eigenvalue weighted by atomic mass is 16.3. The Hall–Kier alpha value is -1.43. The zero-order valence-electron chi connectivity index (χ0n) is 14.7. The Labute approximate surface area is 139 Å². The lowest BCUT2D eigenvalue weighted by molar-refractivity contribution is -0.145. The number of carbonyl (C=O) groups is 1. The van der Waals surface area contributed by atoms with Crippen LogP contribution in [0, 0.1) is 0 Å². The first-order valence-corrected chi connectivity index (χ1v) is 8.29. The van der Waals surface area contributed by atoms with Crippen LogP contribution in [0.25, 0.3) is 0 Å². The maximum Gasteiger partial charge on any atom is 0.258 e.